The lowest BCUT2D eigenvalue weighted by Gasteiger charge is -2.25. The Morgan fingerprint density at radius 1 is 1.00 bits per heavy atom. The molecule has 0 saturated carbocycles. The summed E-state index contributed by atoms with van der Waals surface area (Å²) in [5.41, 5.74) is 1.12. The van der Waals surface area contributed by atoms with Gasteiger partial charge in [-0.1, -0.05) is 35.9 Å². The molecule has 5 nitrogen and oxygen atoms in total. The maximum absolute atomic E-state index is 12.8. The van der Waals surface area contributed by atoms with Crippen molar-refractivity contribution in [3.63, 3.8) is 0 Å². The monoisotopic (exact) mass is 443 g/mol. The Labute approximate surface area is 176 Å². The van der Waals surface area contributed by atoms with Crippen LogP contribution in [-0.4, -0.2) is 34.8 Å². The number of carbonyl (C=O) groups is 2. The fourth-order valence-electron chi connectivity index (χ4n) is 2.98. The Balaban J connectivity index is 2.19. The minimum atomic E-state index is -4.37. The molecule has 0 aromatic heterocycles. The lowest BCUT2D eigenvalue weighted by atomic mass is 9.85. The molecule has 30 heavy (non-hydrogen) atoms. The van der Waals surface area contributed by atoms with Crippen LogP contribution in [-0.2, 0) is 4.79 Å². The molecular formula is C21H21ClF3NO4. The van der Waals surface area contributed by atoms with Crippen molar-refractivity contribution in [3.05, 3.63) is 70.2 Å². The van der Waals surface area contributed by atoms with Gasteiger partial charge in [-0.15, -0.1) is 0 Å². The van der Waals surface area contributed by atoms with E-state index in [-0.39, 0.29) is 24.9 Å². The molecule has 3 N–H and O–H groups in total. The Bertz CT molecular complexity index is 854. The number of carboxylic acids is 1. The summed E-state index contributed by atoms with van der Waals surface area (Å²) >= 11 is 5.83. The first kappa shape index (κ1) is 23.7. The van der Waals surface area contributed by atoms with Gasteiger partial charge in [0.05, 0.1) is 12.5 Å². The van der Waals surface area contributed by atoms with Crippen molar-refractivity contribution in [2.24, 2.45) is 0 Å². The van der Waals surface area contributed by atoms with Crippen molar-refractivity contribution < 1.29 is 33.0 Å². The minimum absolute atomic E-state index is 0.0423. The summed E-state index contributed by atoms with van der Waals surface area (Å²) in [5, 5.41) is 22.2. The molecule has 0 saturated heterocycles. The van der Waals surface area contributed by atoms with Gasteiger partial charge in [0.25, 0.3) is 5.91 Å². The summed E-state index contributed by atoms with van der Waals surface area (Å²) in [6.45, 7) is -0.0423. The van der Waals surface area contributed by atoms with Gasteiger partial charge in [0, 0.05) is 29.5 Å². The average molecular weight is 444 g/mol. The maximum atomic E-state index is 12.8. The van der Waals surface area contributed by atoms with E-state index in [2.05, 4.69) is 5.32 Å². The molecule has 162 valence electrons. The summed E-state index contributed by atoms with van der Waals surface area (Å²) in [6.07, 6.45) is -7.20. The third-order valence-corrected chi connectivity index (χ3v) is 4.81. The van der Waals surface area contributed by atoms with Gasteiger partial charge in [0.15, 0.2) is 0 Å². The molecule has 1 amide bonds. The van der Waals surface area contributed by atoms with E-state index in [0.29, 0.717) is 16.1 Å². The molecule has 0 radical (unpaired) electrons. The molecule has 2 atom stereocenters. The molecule has 2 aromatic carbocycles. The number of rotatable bonds is 9. The van der Waals surface area contributed by atoms with Gasteiger partial charge < -0.3 is 15.5 Å². The van der Waals surface area contributed by atoms with Crippen LogP contribution in [0.5, 0.6) is 0 Å². The van der Waals surface area contributed by atoms with Crippen LogP contribution >= 0.6 is 11.6 Å². The number of halogens is 4. The third-order valence-electron chi connectivity index (χ3n) is 4.56. The molecule has 0 heterocycles. The SMILES string of the molecule is O=C(O)CCNC(=O)c1ccc([C@@H](CCC(F)(F)F)C(O)c2ccc(Cl)cc2)cc1. The van der Waals surface area contributed by atoms with Crippen molar-refractivity contribution in [1.29, 1.82) is 0 Å². The van der Waals surface area contributed by atoms with E-state index in [9.17, 15) is 27.9 Å². The van der Waals surface area contributed by atoms with Crippen LogP contribution in [0.15, 0.2) is 48.5 Å². The van der Waals surface area contributed by atoms with Crippen LogP contribution in [0.3, 0.4) is 0 Å². The zero-order chi connectivity index (χ0) is 22.3. The summed E-state index contributed by atoms with van der Waals surface area (Å²) in [7, 11) is 0. The first-order valence-electron chi connectivity index (χ1n) is 9.17. The Kier molecular flexibility index (Phi) is 8.25. The Morgan fingerprint density at radius 3 is 2.10 bits per heavy atom. The fraction of sp³-hybridized carbons (Fsp3) is 0.333. The third kappa shape index (κ3) is 7.35. The van der Waals surface area contributed by atoms with E-state index in [1.165, 1.54) is 24.3 Å². The number of carbonyl (C=O) groups excluding carboxylic acids is 1. The molecule has 0 bridgehead atoms. The van der Waals surface area contributed by atoms with Gasteiger partial charge in [-0.3, -0.25) is 9.59 Å². The highest BCUT2D eigenvalue weighted by atomic mass is 35.5. The molecule has 2 aromatic rings. The fourth-order valence-corrected chi connectivity index (χ4v) is 3.11. The summed E-state index contributed by atoms with van der Waals surface area (Å²) in [6, 6.07) is 12.0. The maximum Gasteiger partial charge on any atom is 0.389 e. The number of hydrogen-bond acceptors (Lipinski definition) is 3. The first-order valence-corrected chi connectivity index (χ1v) is 9.55. The van der Waals surface area contributed by atoms with Crippen molar-refractivity contribution in [2.45, 2.75) is 37.5 Å². The van der Waals surface area contributed by atoms with E-state index < -0.39 is 36.5 Å². The highest BCUT2D eigenvalue weighted by Gasteiger charge is 2.31. The topological polar surface area (TPSA) is 86.6 Å². The molecule has 0 aliphatic carbocycles. The second-order valence-electron chi connectivity index (χ2n) is 6.78. The van der Waals surface area contributed by atoms with Crippen LogP contribution in [0.4, 0.5) is 13.2 Å². The lowest BCUT2D eigenvalue weighted by molar-refractivity contribution is -0.138. The van der Waals surface area contributed by atoms with E-state index in [4.69, 9.17) is 16.7 Å². The van der Waals surface area contributed by atoms with Crippen molar-refractivity contribution in [2.75, 3.05) is 6.54 Å². The van der Waals surface area contributed by atoms with Crippen LogP contribution in [0.1, 0.15) is 52.8 Å². The minimum Gasteiger partial charge on any atom is -0.481 e. The highest BCUT2D eigenvalue weighted by Crippen LogP contribution is 2.38. The Morgan fingerprint density at radius 2 is 1.57 bits per heavy atom. The van der Waals surface area contributed by atoms with E-state index in [0.717, 1.165) is 0 Å². The van der Waals surface area contributed by atoms with Gasteiger partial charge in [-0.2, -0.15) is 13.2 Å². The summed E-state index contributed by atoms with van der Waals surface area (Å²) in [4.78, 5) is 22.5. The number of benzene rings is 2. The van der Waals surface area contributed by atoms with Gasteiger partial charge >= 0.3 is 12.1 Å². The van der Waals surface area contributed by atoms with Crippen molar-refractivity contribution in [3.8, 4) is 0 Å². The van der Waals surface area contributed by atoms with Crippen LogP contribution in [0, 0.1) is 0 Å². The van der Waals surface area contributed by atoms with Crippen molar-refractivity contribution in [1.82, 2.24) is 5.32 Å². The predicted octanol–water partition coefficient (Wildman–Crippen LogP) is 4.70. The van der Waals surface area contributed by atoms with Crippen LogP contribution in [0.25, 0.3) is 0 Å². The first-order chi connectivity index (χ1) is 14.1. The second-order valence-corrected chi connectivity index (χ2v) is 7.21. The van der Waals surface area contributed by atoms with Gasteiger partial charge in [-0.05, 0) is 41.8 Å². The van der Waals surface area contributed by atoms with Crippen LogP contribution < -0.4 is 5.32 Å². The molecule has 0 fully saturated rings. The zero-order valence-corrected chi connectivity index (χ0v) is 16.6. The largest absolute Gasteiger partial charge is 0.481 e. The van der Waals surface area contributed by atoms with E-state index >= 15 is 0 Å². The number of aliphatic carboxylic acids is 1. The molecule has 0 aliphatic rings. The standard InChI is InChI=1S/C21H21ClF3NO4/c22-16-7-5-14(6-8-16)19(29)17(9-11-21(23,24)25)13-1-3-15(4-2-13)20(30)26-12-10-18(27)28/h1-8,17,19,29H,9-12H2,(H,26,30)(H,27,28)/t17-,19?/m1/s1. The number of hydrogen-bond donors (Lipinski definition) is 3. The Hall–Kier alpha value is -2.58. The number of nitrogens with one attached hydrogen (secondary N) is 1. The molecule has 0 spiro atoms. The predicted molar refractivity (Wildman–Crippen MR) is 105 cm³/mol. The normalized spacial score (nSPS) is 13.5. The van der Waals surface area contributed by atoms with E-state index in [1.807, 2.05) is 0 Å². The van der Waals surface area contributed by atoms with E-state index in [1.54, 1.807) is 24.3 Å². The quantitative estimate of drug-likeness (QED) is 0.524. The lowest BCUT2D eigenvalue weighted by Crippen LogP contribution is -2.26. The molecule has 0 aliphatic heterocycles. The number of carboxylic acid groups (broad SMARTS) is 1. The molecule has 1 unspecified atom stereocenters. The van der Waals surface area contributed by atoms with Gasteiger partial charge in [0.1, 0.15) is 0 Å². The number of amides is 1. The highest BCUT2D eigenvalue weighted by molar-refractivity contribution is 6.30. The number of alkyl halides is 3. The summed E-state index contributed by atoms with van der Waals surface area (Å²) < 4.78 is 38.4. The molecular weight excluding hydrogens is 423 g/mol. The number of aliphatic hydroxyl groups excluding tert-OH is 1. The molecule has 9 heteroatoms. The number of aliphatic hydroxyl groups is 1. The van der Waals surface area contributed by atoms with Crippen molar-refractivity contribution >= 4 is 23.5 Å². The smallest absolute Gasteiger partial charge is 0.389 e. The zero-order valence-electron chi connectivity index (χ0n) is 15.8. The second kappa shape index (κ2) is 10.4. The van der Waals surface area contributed by atoms with Gasteiger partial charge in [-0.25, -0.2) is 0 Å². The average Bonchev–Trinajstić information content (AvgIpc) is 2.67. The summed E-state index contributed by atoms with van der Waals surface area (Å²) in [5.74, 6) is -2.39. The van der Waals surface area contributed by atoms with Gasteiger partial charge in [0.2, 0.25) is 0 Å². The molecule has 2 rings (SSSR count). The van der Waals surface area contributed by atoms with Crippen LogP contribution in [0.2, 0.25) is 5.02 Å².